The van der Waals surface area contributed by atoms with E-state index in [9.17, 15) is 9.50 Å². The molecule has 0 unspecified atom stereocenters. The molecule has 1 atom stereocenters. The minimum absolute atomic E-state index is 0.311. The lowest BCUT2D eigenvalue weighted by Crippen LogP contribution is -2.36. The Balaban J connectivity index is 1.59. The topological polar surface area (TPSA) is 59.8 Å². The van der Waals surface area contributed by atoms with Crippen LogP contribution in [0.4, 0.5) is 4.39 Å². The van der Waals surface area contributed by atoms with Gasteiger partial charge in [-0.2, -0.15) is 5.10 Å². The van der Waals surface area contributed by atoms with Crippen LogP contribution in [-0.2, 0) is 11.3 Å². The standard InChI is InChI=1S/C27H34FN3O3/c1-19(2)17-33-18-24(32)15-30(22-11-12-22)16-26-20(3)29-31(23-7-5-4-6-8-23)27(26)34-25-13-9-21(28)10-14-25/h4-10,13-14,19,22,24,32H,11-12,15-18H2,1-3H3/t24-/m1/s1. The first kappa shape index (κ1) is 24.4. The van der Waals surface area contributed by atoms with Gasteiger partial charge in [-0.1, -0.05) is 32.0 Å². The van der Waals surface area contributed by atoms with Gasteiger partial charge >= 0.3 is 0 Å². The molecular weight excluding hydrogens is 433 g/mol. The van der Waals surface area contributed by atoms with Crippen LogP contribution in [0.2, 0.25) is 0 Å². The highest BCUT2D eigenvalue weighted by Gasteiger charge is 2.32. The zero-order valence-corrected chi connectivity index (χ0v) is 20.2. The number of nitrogens with zero attached hydrogens (tertiary/aromatic N) is 3. The molecule has 0 spiro atoms. The molecule has 0 bridgehead atoms. The lowest BCUT2D eigenvalue weighted by Gasteiger charge is -2.25. The van der Waals surface area contributed by atoms with Crippen LogP contribution in [0, 0.1) is 18.7 Å². The minimum Gasteiger partial charge on any atom is -0.439 e. The van der Waals surface area contributed by atoms with E-state index in [1.807, 2.05) is 37.3 Å². The third kappa shape index (κ3) is 6.44. The van der Waals surface area contributed by atoms with Crippen LogP contribution in [-0.4, -0.2) is 51.7 Å². The molecule has 0 radical (unpaired) electrons. The molecule has 7 heteroatoms. The predicted octanol–water partition coefficient (Wildman–Crippen LogP) is 5.11. The molecule has 2 aromatic carbocycles. The quantitative estimate of drug-likeness (QED) is 0.401. The smallest absolute Gasteiger partial charge is 0.227 e. The second kappa shape index (κ2) is 11.1. The molecule has 182 valence electrons. The van der Waals surface area contributed by atoms with Crippen molar-refractivity contribution in [3.8, 4) is 17.3 Å². The van der Waals surface area contributed by atoms with E-state index in [1.54, 1.807) is 16.8 Å². The molecule has 1 heterocycles. The van der Waals surface area contributed by atoms with Crippen LogP contribution in [0.3, 0.4) is 0 Å². The second-order valence-electron chi connectivity index (χ2n) is 9.42. The number of aliphatic hydroxyl groups is 1. The van der Waals surface area contributed by atoms with E-state index in [0.29, 0.717) is 49.9 Å². The van der Waals surface area contributed by atoms with Crippen LogP contribution >= 0.6 is 0 Å². The number of rotatable bonds is 12. The van der Waals surface area contributed by atoms with Crippen molar-refractivity contribution in [3.63, 3.8) is 0 Å². The first-order chi connectivity index (χ1) is 16.4. The molecular formula is C27H34FN3O3. The fourth-order valence-corrected chi connectivity index (χ4v) is 3.93. The summed E-state index contributed by atoms with van der Waals surface area (Å²) in [5, 5.41) is 15.4. The van der Waals surface area contributed by atoms with Gasteiger partial charge in [0.2, 0.25) is 5.88 Å². The van der Waals surface area contributed by atoms with Crippen LogP contribution < -0.4 is 4.74 Å². The molecule has 1 fully saturated rings. The van der Waals surface area contributed by atoms with Gasteiger partial charge in [-0.3, -0.25) is 4.90 Å². The van der Waals surface area contributed by atoms with E-state index in [-0.39, 0.29) is 5.82 Å². The maximum Gasteiger partial charge on any atom is 0.227 e. The molecule has 0 saturated heterocycles. The normalized spacial score (nSPS) is 14.7. The van der Waals surface area contributed by atoms with Gasteiger partial charge in [0.1, 0.15) is 11.6 Å². The molecule has 4 rings (SSSR count). The zero-order chi connectivity index (χ0) is 24.1. The van der Waals surface area contributed by atoms with E-state index in [1.165, 1.54) is 12.1 Å². The van der Waals surface area contributed by atoms with Crippen molar-refractivity contribution in [2.75, 3.05) is 19.8 Å². The predicted molar refractivity (Wildman–Crippen MR) is 130 cm³/mol. The number of aryl methyl sites for hydroxylation is 1. The van der Waals surface area contributed by atoms with E-state index < -0.39 is 6.10 Å². The fraction of sp³-hybridized carbons (Fsp3) is 0.444. The van der Waals surface area contributed by atoms with Crippen molar-refractivity contribution < 1.29 is 19.0 Å². The first-order valence-electron chi connectivity index (χ1n) is 12.0. The van der Waals surface area contributed by atoms with Gasteiger partial charge in [0, 0.05) is 25.7 Å². The molecule has 1 saturated carbocycles. The highest BCUT2D eigenvalue weighted by Crippen LogP contribution is 2.35. The minimum atomic E-state index is -0.565. The van der Waals surface area contributed by atoms with Gasteiger partial charge in [-0.25, -0.2) is 9.07 Å². The van der Waals surface area contributed by atoms with Gasteiger partial charge in [0.15, 0.2) is 0 Å². The van der Waals surface area contributed by atoms with Crippen molar-refractivity contribution in [2.45, 2.75) is 52.3 Å². The Morgan fingerprint density at radius 1 is 1.09 bits per heavy atom. The molecule has 1 aromatic heterocycles. The van der Waals surface area contributed by atoms with Crippen molar-refractivity contribution in [1.82, 2.24) is 14.7 Å². The lowest BCUT2D eigenvalue weighted by atomic mass is 10.2. The summed E-state index contributed by atoms with van der Waals surface area (Å²) in [5.41, 5.74) is 2.70. The fourth-order valence-electron chi connectivity index (χ4n) is 3.93. The third-order valence-electron chi connectivity index (χ3n) is 5.80. The number of aliphatic hydroxyl groups excluding tert-OH is 1. The molecule has 1 N–H and O–H groups in total. The van der Waals surface area contributed by atoms with Crippen LogP contribution in [0.25, 0.3) is 5.69 Å². The number of halogens is 1. The number of para-hydroxylation sites is 1. The molecule has 34 heavy (non-hydrogen) atoms. The first-order valence-corrected chi connectivity index (χ1v) is 12.0. The molecule has 1 aliphatic rings. The number of hydrogen-bond acceptors (Lipinski definition) is 5. The zero-order valence-electron chi connectivity index (χ0n) is 20.2. The van der Waals surface area contributed by atoms with Gasteiger partial charge in [-0.15, -0.1) is 0 Å². The lowest BCUT2D eigenvalue weighted by molar-refractivity contribution is 0.00536. The van der Waals surface area contributed by atoms with Crippen molar-refractivity contribution >= 4 is 0 Å². The Morgan fingerprint density at radius 2 is 1.79 bits per heavy atom. The largest absolute Gasteiger partial charge is 0.439 e. The maximum atomic E-state index is 13.5. The van der Waals surface area contributed by atoms with Crippen LogP contribution in [0.1, 0.15) is 37.9 Å². The van der Waals surface area contributed by atoms with Gasteiger partial charge in [0.05, 0.1) is 29.7 Å². The van der Waals surface area contributed by atoms with Crippen molar-refractivity contribution in [2.24, 2.45) is 5.92 Å². The summed E-state index contributed by atoms with van der Waals surface area (Å²) in [5.74, 6) is 1.27. The highest BCUT2D eigenvalue weighted by atomic mass is 19.1. The van der Waals surface area contributed by atoms with Gasteiger partial charge in [-0.05, 0) is 62.1 Å². The number of benzene rings is 2. The van der Waals surface area contributed by atoms with Crippen molar-refractivity contribution in [1.29, 1.82) is 0 Å². The summed E-state index contributed by atoms with van der Waals surface area (Å²) in [6, 6.07) is 16.2. The average Bonchev–Trinajstić information content (AvgIpc) is 3.62. The third-order valence-corrected chi connectivity index (χ3v) is 5.80. The Morgan fingerprint density at radius 3 is 2.44 bits per heavy atom. The Kier molecular flexibility index (Phi) is 7.98. The summed E-state index contributed by atoms with van der Waals surface area (Å²) in [4.78, 5) is 2.29. The second-order valence-corrected chi connectivity index (χ2v) is 9.42. The Labute approximate surface area is 200 Å². The summed E-state index contributed by atoms with van der Waals surface area (Å²) in [7, 11) is 0. The van der Waals surface area contributed by atoms with Crippen LogP contribution in [0.5, 0.6) is 11.6 Å². The highest BCUT2D eigenvalue weighted by molar-refractivity contribution is 5.43. The average molecular weight is 468 g/mol. The number of hydrogen-bond donors (Lipinski definition) is 1. The molecule has 3 aromatic rings. The van der Waals surface area contributed by atoms with Gasteiger partial charge in [0.25, 0.3) is 0 Å². The SMILES string of the molecule is Cc1nn(-c2ccccc2)c(Oc2ccc(F)cc2)c1CN(C[C@@H](O)COCC(C)C)C1CC1. The number of aromatic nitrogens is 2. The Hall–Kier alpha value is -2.74. The molecule has 6 nitrogen and oxygen atoms in total. The summed E-state index contributed by atoms with van der Waals surface area (Å²) < 4.78 is 27.2. The molecule has 0 aliphatic heterocycles. The summed E-state index contributed by atoms with van der Waals surface area (Å²) >= 11 is 0. The Bertz CT molecular complexity index is 1050. The molecule has 1 aliphatic carbocycles. The van der Waals surface area contributed by atoms with E-state index >= 15 is 0 Å². The monoisotopic (exact) mass is 467 g/mol. The van der Waals surface area contributed by atoms with Crippen LogP contribution in [0.15, 0.2) is 54.6 Å². The van der Waals surface area contributed by atoms with E-state index in [0.717, 1.165) is 29.8 Å². The number of ether oxygens (including phenoxy) is 2. The van der Waals surface area contributed by atoms with Gasteiger partial charge < -0.3 is 14.6 Å². The molecule has 0 amide bonds. The maximum absolute atomic E-state index is 13.5. The van der Waals surface area contributed by atoms with E-state index in [4.69, 9.17) is 14.6 Å². The van der Waals surface area contributed by atoms with Crippen molar-refractivity contribution in [3.05, 3.63) is 71.7 Å². The van der Waals surface area contributed by atoms with E-state index in [2.05, 4.69) is 18.7 Å². The summed E-state index contributed by atoms with van der Waals surface area (Å²) in [6.45, 7) is 8.24. The summed E-state index contributed by atoms with van der Waals surface area (Å²) in [6.07, 6.45) is 1.66.